The van der Waals surface area contributed by atoms with Gasteiger partial charge in [0.1, 0.15) is 11.3 Å². The predicted molar refractivity (Wildman–Crippen MR) is 83.5 cm³/mol. The highest BCUT2D eigenvalue weighted by Crippen LogP contribution is 2.30. The van der Waals surface area contributed by atoms with Crippen LogP contribution in [0.4, 0.5) is 0 Å². The minimum absolute atomic E-state index is 0.449. The summed E-state index contributed by atoms with van der Waals surface area (Å²) in [4.78, 5) is 2.45. The van der Waals surface area contributed by atoms with Crippen LogP contribution in [0, 0.1) is 0 Å². The lowest BCUT2D eigenvalue weighted by molar-refractivity contribution is 0.274. The molecule has 0 radical (unpaired) electrons. The van der Waals surface area contributed by atoms with Crippen molar-refractivity contribution in [2.24, 2.45) is 5.73 Å². The molecule has 0 unspecified atom stereocenters. The van der Waals surface area contributed by atoms with Crippen LogP contribution in [0.5, 0.6) is 0 Å². The molecule has 0 atom stereocenters. The average Bonchev–Trinajstić information content (AvgIpc) is 3.08. The van der Waals surface area contributed by atoms with Gasteiger partial charge in [-0.05, 0) is 17.2 Å². The Morgan fingerprint density at radius 3 is 2.33 bits per heavy atom. The van der Waals surface area contributed by atoms with Gasteiger partial charge in [-0.3, -0.25) is 4.90 Å². The third-order valence-corrected chi connectivity index (χ3v) is 4.26. The van der Waals surface area contributed by atoms with Crippen LogP contribution in [0.3, 0.4) is 0 Å². The van der Waals surface area contributed by atoms with Crippen molar-refractivity contribution in [3.63, 3.8) is 0 Å². The van der Waals surface area contributed by atoms with Crippen molar-refractivity contribution in [3.8, 4) is 0 Å². The summed E-state index contributed by atoms with van der Waals surface area (Å²) < 4.78 is 5.88. The van der Waals surface area contributed by atoms with Crippen LogP contribution < -0.4 is 5.73 Å². The molecular formula is C18H18N2O. The molecule has 1 aliphatic rings. The van der Waals surface area contributed by atoms with Crippen LogP contribution in [0.2, 0.25) is 0 Å². The van der Waals surface area contributed by atoms with Crippen LogP contribution in [0.25, 0.3) is 11.0 Å². The standard InChI is InChI=1S/C18H18N2O/c19-9-18-16(15-7-3-4-8-17(15)21-18)12-20-10-13-5-1-2-6-14(13)11-20/h1-8H,9-12,19H2. The zero-order chi connectivity index (χ0) is 14.2. The molecule has 0 saturated heterocycles. The number of para-hydroxylation sites is 1. The molecule has 0 fully saturated rings. The number of fused-ring (bicyclic) bond motifs is 2. The Balaban J connectivity index is 1.66. The monoisotopic (exact) mass is 278 g/mol. The van der Waals surface area contributed by atoms with Crippen LogP contribution in [-0.2, 0) is 26.2 Å². The maximum absolute atomic E-state index is 5.88. The van der Waals surface area contributed by atoms with Gasteiger partial charge in [0.25, 0.3) is 0 Å². The van der Waals surface area contributed by atoms with E-state index in [2.05, 4.69) is 41.3 Å². The number of nitrogens with zero attached hydrogens (tertiary/aromatic N) is 1. The van der Waals surface area contributed by atoms with E-state index >= 15 is 0 Å². The van der Waals surface area contributed by atoms with Gasteiger partial charge < -0.3 is 10.2 Å². The molecule has 0 saturated carbocycles. The molecule has 3 heteroatoms. The molecule has 0 amide bonds. The average molecular weight is 278 g/mol. The number of benzene rings is 2. The highest BCUT2D eigenvalue weighted by atomic mass is 16.3. The largest absolute Gasteiger partial charge is 0.459 e. The molecule has 106 valence electrons. The van der Waals surface area contributed by atoms with Crippen molar-refractivity contribution < 1.29 is 4.42 Å². The first-order valence-corrected chi connectivity index (χ1v) is 7.33. The number of rotatable bonds is 3. The van der Waals surface area contributed by atoms with Gasteiger partial charge in [-0.1, -0.05) is 42.5 Å². The zero-order valence-electron chi connectivity index (χ0n) is 11.9. The topological polar surface area (TPSA) is 42.4 Å². The van der Waals surface area contributed by atoms with Gasteiger partial charge in [-0.2, -0.15) is 0 Å². The highest BCUT2D eigenvalue weighted by molar-refractivity contribution is 5.82. The zero-order valence-corrected chi connectivity index (χ0v) is 11.9. The molecule has 3 nitrogen and oxygen atoms in total. The number of furan rings is 1. The molecule has 0 bridgehead atoms. The molecule has 4 rings (SSSR count). The molecule has 2 heterocycles. The van der Waals surface area contributed by atoms with Gasteiger partial charge in [0.15, 0.2) is 0 Å². The van der Waals surface area contributed by atoms with Crippen LogP contribution in [0.1, 0.15) is 22.5 Å². The Hall–Kier alpha value is -2.10. The molecule has 1 aromatic heterocycles. The van der Waals surface area contributed by atoms with Gasteiger partial charge in [0, 0.05) is 30.6 Å². The maximum atomic E-state index is 5.88. The van der Waals surface area contributed by atoms with E-state index in [0.29, 0.717) is 6.54 Å². The van der Waals surface area contributed by atoms with E-state index in [0.717, 1.165) is 31.0 Å². The first kappa shape index (κ1) is 12.6. The SMILES string of the molecule is NCc1oc2ccccc2c1CN1Cc2ccccc2C1. The first-order chi connectivity index (χ1) is 10.3. The van der Waals surface area contributed by atoms with Gasteiger partial charge in [0.05, 0.1) is 6.54 Å². The molecule has 0 aliphatic carbocycles. The fourth-order valence-electron chi connectivity index (χ4n) is 3.23. The second-order valence-corrected chi connectivity index (χ2v) is 5.62. The lowest BCUT2D eigenvalue weighted by atomic mass is 10.1. The summed E-state index contributed by atoms with van der Waals surface area (Å²) in [7, 11) is 0. The first-order valence-electron chi connectivity index (χ1n) is 7.33. The smallest absolute Gasteiger partial charge is 0.134 e. The van der Waals surface area contributed by atoms with Gasteiger partial charge in [-0.15, -0.1) is 0 Å². The van der Waals surface area contributed by atoms with Crippen molar-refractivity contribution in [3.05, 3.63) is 71.0 Å². The van der Waals surface area contributed by atoms with Crippen molar-refractivity contribution in [1.82, 2.24) is 4.90 Å². The number of hydrogen-bond donors (Lipinski definition) is 1. The summed E-state index contributed by atoms with van der Waals surface area (Å²) in [5.74, 6) is 0.909. The Kier molecular flexibility index (Phi) is 3.02. The fourth-order valence-corrected chi connectivity index (χ4v) is 3.23. The third-order valence-electron chi connectivity index (χ3n) is 4.26. The number of hydrogen-bond acceptors (Lipinski definition) is 3. The van der Waals surface area contributed by atoms with E-state index in [1.165, 1.54) is 22.1 Å². The van der Waals surface area contributed by atoms with Gasteiger partial charge in [0.2, 0.25) is 0 Å². The molecule has 1 aliphatic heterocycles. The summed E-state index contributed by atoms with van der Waals surface area (Å²) in [6, 6.07) is 16.8. The van der Waals surface area contributed by atoms with E-state index in [1.807, 2.05) is 12.1 Å². The van der Waals surface area contributed by atoms with Gasteiger partial charge >= 0.3 is 0 Å². The van der Waals surface area contributed by atoms with Crippen molar-refractivity contribution in [2.75, 3.05) is 0 Å². The molecular weight excluding hydrogens is 260 g/mol. The summed E-state index contributed by atoms with van der Waals surface area (Å²) in [6.45, 7) is 3.34. The molecule has 3 aromatic rings. The Bertz CT molecular complexity index is 766. The molecule has 21 heavy (non-hydrogen) atoms. The molecule has 0 spiro atoms. The predicted octanol–water partition coefficient (Wildman–Crippen LogP) is 3.41. The molecule has 2 aromatic carbocycles. The second-order valence-electron chi connectivity index (χ2n) is 5.62. The third kappa shape index (κ3) is 2.15. The summed E-state index contributed by atoms with van der Waals surface area (Å²) in [5.41, 5.74) is 10.9. The van der Waals surface area contributed by atoms with E-state index in [4.69, 9.17) is 10.2 Å². The summed E-state index contributed by atoms with van der Waals surface area (Å²) in [6.07, 6.45) is 0. The quantitative estimate of drug-likeness (QED) is 0.798. The normalized spacial score (nSPS) is 14.7. The summed E-state index contributed by atoms with van der Waals surface area (Å²) in [5, 5.41) is 1.19. The lowest BCUT2D eigenvalue weighted by Crippen LogP contribution is -2.16. The van der Waals surface area contributed by atoms with Crippen LogP contribution >= 0.6 is 0 Å². The van der Waals surface area contributed by atoms with Crippen LogP contribution in [0.15, 0.2) is 52.9 Å². The maximum Gasteiger partial charge on any atom is 0.134 e. The van der Waals surface area contributed by atoms with E-state index in [1.54, 1.807) is 0 Å². The van der Waals surface area contributed by atoms with Crippen molar-refractivity contribution in [2.45, 2.75) is 26.2 Å². The van der Waals surface area contributed by atoms with E-state index in [9.17, 15) is 0 Å². The van der Waals surface area contributed by atoms with E-state index in [-0.39, 0.29) is 0 Å². The Morgan fingerprint density at radius 2 is 1.62 bits per heavy atom. The minimum Gasteiger partial charge on any atom is -0.459 e. The Labute approximate surface area is 124 Å². The lowest BCUT2D eigenvalue weighted by Gasteiger charge is -2.14. The highest BCUT2D eigenvalue weighted by Gasteiger charge is 2.21. The number of nitrogens with two attached hydrogens (primary N) is 1. The second kappa shape index (κ2) is 5.02. The van der Waals surface area contributed by atoms with Crippen molar-refractivity contribution in [1.29, 1.82) is 0 Å². The van der Waals surface area contributed by atoms with Crippen molar-refractivity contribution >= 4 is 11.0 Å². The van der Waals surface area contributed by atoms with Gasteiger partial charge in [-0.25, -0.2) is 0 Å². The molecule has 2 N–H and O–H groups in total. The fraction of sp³-hybridized carbons (Fsp3) is 0.222. The minimum atomic E-state index is 0.449. The van der Waals surface area contributed by atoms with Crippen LogP contribution in [-0.4, -0.2) is 4.90 Å². The van der Waals surface area contributed by atoms with E-state index < -0.39 is 0 Å². The Morgan fingerprint density at radius 1 is 0.952 bits per heavy atom. The summed E-state index contributed by atoms with van der Waals surface area (Å²) >= 11 is 0.